The van der Waals surface area contributed by atoms with E-state index in [4.69, 9.17) is 22.5 Å². The molecule has 0 bridgehead atoms. The number of pyridine rings is 2. The summed E-state index contributed by atoms with van der Waals surface area (Å²) in [5, 5.41) is 13.4. The molecule has 92 valence electrons. The quantitative estimate of drug-likeness (QED) is 0.390. The molecule has 0 amide bonds. The molecule has 0 saturated carbocycles. The monoisotopic (exact) mass is 280 g/mol. The summed E-state index contributed by atoms with van der Waals surface area (Å²) in [6.45, 7) is 0. The van der Waals surface area contributed by atoms with E-state index in [0.29, 0.717) is 20.6 Å². The fraction of sp³-hybridized carbons (Fsp3) is 0. The van der Waals surface area contributed by atoms with Gasteiger partial charge in [-0.15, -0.1) is 0 Å². The van der Waals surface area contributed by atoms with Crippen LogP contribution < -0.4 is 5.73 Å². The van der Waals surface area contributed by atoms with Gasteiger partial charge in [0.2, 0.25) is 0 Å². The van der Waals surface area contributed by atoms with Crippen molar-refractivity contribution in [3.8, 4) is 0 Å². The van der Waals surface area contributed by atoms with Crippen molar-refractivity contribution in [3.05, 3.63) is 47.2 Å². The van der Waals surface area contributed by atoms with Crippen LogP contribution in [0.4, 0.5) is 0 Å². The maximum Gasteiger partial charge on any atom is 0.172 e. The van der Waals surface area contributed by atoms with Gasteiger partial charge in [-0.05, 0) is 36.0 Å². The first-order valence-corrected chi connectivity index (χ1v) is 6.13. The predicted molar refractivity (Wildman–Crippen MR) is 70.1 cm³/mol. The Morgan fingerprint density at radius 3 is 2.56 bits per heavy atom. The Kier molecular flexibility index (Phi) is 4.01. The minimum atomic E-state index is -0.00217. The molecule has 0 saturated heterocycles. The second kappa shape index (κ2) is 5.70. The fourth-order valence-electron chi connectivity index (χ4n) is 1.26. The Bertz CT molecular complexity index is 591. The molecule has 0 aliphatic heterocycles. The van der Waals surface area contributed by atoms with Crippen LogP contribution in [0.2, 0.25) is 5.02 Å². The first-order chi connectivity index (χ1) is 8.72. The van der Waals surface area contributed by atoms with Gasteiger partial charge in [0.05, 0.1) is 10.6 Å². The van der Waals surface area contributed by atoms with E-state index >= 15 is 0 Å². The lowest BCUT2D eigenvalue weighted by Crippen LogP contribution is -2.14. The molecule has 0 radical (unpaired) electrons. The molecule has 3 N–H and O–H groups in total. The zero-order valence-electron chi connectivity index (χ0n) is 9.12. The summed E-state index contributed by atoms with van der Waals surface area (Å²) < 4.78 is 0. The number of nitrogens with zero attached hydrogens (tertiary/aromatic N) is 3. The van der Waals surface area contributed by atoms with Crippen LogP contribution >= 0.6 is 23.4 Å². The third-order valence-corrected chi connectivity index (χ3v) is 3.53. The molecule has 2 aromatic rings. The molecule has 7 heteroatoms. The van der Waals surface area contributed by atoms with Gasteiger partial charge in [0.15, 0.2) is 5.84 Å². The van der Waals surface area contributed by atoms with Crippen molar-refractivity contribution in [1.82, 2.24) is 9.97 Å². The van der Waals surface area contributed by atoms with Crippen molar-refractivity contribution >= 4 is 29.2 Å². The van der Waals surface area contributed by atoms with Crippen LogP contribution in [0.3, 0.4) is 0 Å². The molecule has 5 nitrogen and oxygen atoms in total. The van der Waals surface area contributed by atoms with E-state index < -0.39 is 0 Å². The summed E-state index contributed by atoms with van der Waals surface area (Å²) in [6.07, 6.45) is 3.26. The first kappa shape index (κ1) is 12.7. The number of hydrogen-bond acceptors (Lipinski definition) is 5. The molecule has 0 aliphatic carbocycles. The molecule has 2 rings (SSSR count). The highest BCUT2D eigenvalue weighted by molar-refractivity contribution is 7.99. The van der Waals surface area contributed by atoms with E-state index in [-0.39, 0.29) is 5.84 Å². The lowest BCUT2D eigenvalue weighted by molar-refractivity contribution is 0.318. The van der Waals surface area contributed by atoms with Gasteiger partial charge in [-0.2, -0.15) is 0 Å². The van der Waals surface area contributed by atoms with Gasteiger partial charge >= 0.3 is 0 Å². The fourth-order valence-corrected chi connectivity index (χ4v) is 2.35. The smallest absolute Gasteiger partial charge is 0.172 e. The molecular weight excluding hydrogens is 272 g/mol. The first-order valence-electron chi connectivity index (χ1n) is 4.93. The number of nitrogens with two attached hydrogens (primary N) is 1. The van der Waals surface area contributed by atoms with Crippen LogP contribution in [0.25, 0.3) is 0 Å². The number of hydrogen-bond donors (Lipinski definition) is 2. The van der Waals surface area contributed by atoms with Crippen LogP contribution in [-0.4, -0.2) is 21.0 Å². The highest BCUT2D eigenvalue weighted by Crippen LogP contribution is 2.31. The van der Waals surface area contributed by atoms with Crippen molar-refractivity contribution in [1.29, 1.82) is 0 Å². The summed E-state index contributed by atoms with van der Waals surface area (Å²) in [5.41, 5.74) is 6.11. The zero-order chi connectivity index (χ0) is 13.0. The number of halogens is 1. The average molecular weight is 281 g/mol. The average Bonchev–Trinajstić information content (AvgIpc) is 2.41. The maximum atomic E-state index is 8.72. The van der Waals surface area contributed by atoms with Crippen molar-refractivity contribution in [2.24, 2.45) is 10.9 Å². The van der Waals surface area contributed by atoms with E-state index in [1.807, 2.05) is 0 Å². The number of aromatic nitrogens is 2. The topological polar surface area (TPSA) is 84.4 Å². The Balaban J connectivity index is 2.38. The van der Waals surface area contributed by atoms with Crippen LogP contribution in [0.15, 0.2) is 51.9 Å². The Morgan fingerprint density at radius 1 is 1.22 bits per heavy atom. The van der Waals surface area contributed by atoms with E-state index in [1.54, 1.807) is 36.7 Å². The molecule has 0 aromatic carbocycles. The van der Waals surface area contributed by atoms with Crippen molar-refractivity contribution in [2.45, 2.75) is 10.1 Å². The molecule has 0 unspecified atom stereocenters. The zero-order valence-corrected chi connectivity index (χ0v) is 10.7. The summed E-state index contributed by atoms with van der Waals surface area (Å²) in [6, 6.07) is 6.90. The second-order valence-corrected chi connectivity index (χ2v) is 4.62. The highest BCUT2D eigenvalue weighted by atomic mass is 35.5. The number of oxime groups is 1. The van der Waals surface area contributed by atoms with Crippen LogP contribution in [0.1, 0.15) is 5.56 Å². The van der Waals surface area contributed by atoms with Crippen LogP contribution in [0.5, 0.6) is 0 Å². The molecule has 0 aliphatic rings. The molecule has 0 atom stereocenters. The molecule has 18 heavy (non-hydrogen) atoms. The van der Waals surface area contributed by atoms with Gasteiger partial charge in [-0.3, -0.25) is 0 Å². The summed E-state index contributed by atoms with van der Waals surface area (Å²) in [5.74, 6) is -0.00217. The largest absolute Gasteiger partial charge is 0.409 e. The van der Waals surface area contributed by atoms with E-state index in [1.165, 1.54) is 11.8 Å². The lowest BCUT2D eigenvalue weighted by Gasteiger charge is -2.06. The second-order valence-electron chi connectivity index (χ2n) is 3.23. The number of amidine groups is 1. The predicted octanol–water partition coefficient (Wildman–Crippen LogP) is 2.38. The molecule has 0 fully saturated rings. The Labute approximate surface area is 113 Å². The molecule has 2 heterocycles. The summed E-state index contributed by atoms with van der Waals surface area (Å²) in [7, 11) is 0. The maximum absolute atomic E-state index is 8.72. The minimum Gasteiger partial charge on any atom is -0.409 e. The van der Waals surface area contributed by atoms with Gasteiger partial charge in [-0.1, -0.05) is 16.8 Å². The van der Waals surface area contributed by atoms with Crippen LogP contribution in [-0.2, 0) is 0 Å². The van der Waals surface area contributed by atoms with Gasteiger partial charge in [0, 0.05) is 12.4 Å². The third kappa shape index (κ3) is 2.72. The summed E-state index contributed by atoms with van der Waals surface area (Å²) in [4.78, 5) is 8.32. The van der Waals surface area contributed by atoms with Crippen molar-refractivity contribution in [3.63, 3.8) is 0 Å². The van der Waals surface area contributed by atoms with Gasteiger partial charge < -0.3 is 10.9 Å². The SMILES string of the molecule is N/C(=N/O)c1cccnc1Sc1ncccc1Cl. The Hall–Kier alpha value is -1.79. The van der Waals surface area contributed by atoms with E-state index in [9.17, 15) is 0 Å². The van der Waals surface area contributed by atoms with Gasteiger partial charge in [0.25, 0.3) is 0 Å². The van der Waals surface area contributed by atoms with Gasteiger partial charge in [-0.25, -0.2) is 9.97 Å². The highest BCUT2D eigenvalue weighted by Gasteiger charge is 2.11. The normalized spacial score (nSPS) is 11.5. The Morgan fingerprint density at radius 2 is 1.89 bits per heavy atom. The number of rotatable bonds is 3. The van der Waals surface area contributed by atoms with Crippen molar-refractivity contribution in [2.75, 3.05) is 0 Å². The molecule has 0 spiro atoms. The van der Waals surface area contributed by atoms with E-state index in [0.717, 1.165) is 0 Å². The third-order valence-electron chi connectivity index (χ3n) is 2.07. The standard InChI is InChI=1S/C11H9ClN4OS/c12-8-4-2-6-15-11(8)18-10-7(9(13)16-17)3-1-5-14-10/h1-6,17H,(H2,13,16). The van der Waals surface area contributed by atoms with E-state index in [2.05, 4.69) is 15.1 Å². The van der Waals surface area contributed by atoms with Gasteiger partial charge in [0.1, 0.15) is 10.1 Å². The minimum absolute atomic E-state index is 0.00217. The van der Waals surface area contributed by atoms with Crippen molar-refractivity contribution < 1.29 is 5.21 Å². The molecule has 2 aromatic heterocycles. The molecular formula is C11H9ClN4OS. The summed E-state index contributed by atoms with van der Waals surface area (Å²) >= 11 is 7.28. The lowest BCUT2D eigenvalue weighted by atomic mass is 10.3. The van der Waals surface area contributed by atoms with Crippen LogP contribution in [0, 0.1) is 0 Å².